The van der Waals surface area contributed by atoms with Crippen molar-refractivity contribution in [1.29, 1.82) is 0 Å². The van der Waals surface area contributed by atoms with E-state index in [2.05, 4.69) is 29.5 Å². The van der Waals surface area contributed by atoms with Gasteiger partial charge in [0.15, 0.2) is 0 Å². The second kappa shape index (κ2) is 8.21. The largest absolute Gasteiger partial charge is 0.497 e. The number of nitrogens with zero attached hydrogens (tertiary/aromatic N) is 1. The number of methoxy groups -OCH3 is 1. The molecule has 2 aromatic rings. The van der Waals surface area contributed by atoms with Crippen molar-refractivity contribution in [3.05, 3.63) is 47.7 Å². The van der Waals surface area contributed by atoms with E-state index in [0.29, 0.717) is 11.5 Å². The summed E-state index contributed by atoms with van der Waals surface area (Å²) in [6, 6.07) is 9.65. The Morgan fingerprint density at radius 3 is 2.77 bits per heavy atom. The molecular weight excluding hydrogens is 326 g/mol. The van der Waals surface area contributed by atoms with Gasteiger partial charge in [-0.2, -0.15) is 0 Å². The van der Waals surface area contributed by atoms with Crippen LogP contribution in [0.1, 0.15) is 54.9 Å². The normalized spacial score (nSPS) is 14.0. The van der Waals surface area contributed by atoms with Gasteiger partial charge in [0.2, 0.25) is 0 Å². The highest BCUT2D eigenvalue weighted by molar-refractivity contribution is 5.95. The molecule has 138 valence electrons. The fourth-order valence-corrected chi connectivity index (χ4v) is 3.08. The molecule has 1 saturated carbocycles. The summed E-state index contributed by atoms with van der Waals surface area (Å²) < 4.78 is 5.25. The molecule has 1 fully saturated rings. The van der Waals surface area contributed by atoms with Gasteiger partial charge in [0.05, 0.1) is 12.7 Å². The van der Waals surface area contributed by atoms with E-state index in [4.69, 9.17) is 4.74 Å². The molecule has 0 atom stereocenters. The van der Waals surface area contributed by atoms with Crippen LogP contribution >= 0.6 is 0 Å². The fraction of sp³-hybridized carbons (Fsp3) is 0.429. The quantitative estimate of drug-likeness (QED) is 0.770. The minimum absolute atomic E-state index is 0.0268. The van der Waals surface area contributed by atoms with Crippen molar-refractivity contribution < 1.29 is 9.53 Å². The van der Waals surface area contributed by atoms with Gasteiger partial charge in [0, 0.05) is 24.5 Å². The van der Waals surface area contributed by atoms with E-state index in [9.17, 15) is 4.79 Å². The van der Waals surface area contributed by atoms with Crippen LogP contribution < -0.4 is 15.4 Å². The van der Waals surface area contributed by atoms with E-state index in [1.165, 1.54) is 19.3 Å². The van der Waals surface area contributed by atoms with Gasteiger partial charge in [0.1, 0.15) is 11.6 Å². The maximum atomic E-state index is 12.6. The van der Waals surface area contributed by atoms with E-state index in [-0.39, 0.29) is 11.8 Å². The molecule has 0 radical (unpaired) electrons. The van der Waals surface area contributed by atoms with E-state index in [1.807, 2.05) is 30.3 Å². The molecule has 0 aliphatic heterocycles. The number of hydrogen-bond donors (Lipinski definition) is 2. The molecule has 5 heteroatoms. The molecule has 1 amide bonds. The van der Waals surface area contributed by atoms with Crippen molar-refractivity contribution in [2.75, 3.05) is 19.0 Å². The van der Waals surface area contributed by atoms with E-state index < -0.39 is 0 Å². The molecule has 26 heavy (non-hydrogen) atoms. The standard InChI is InChI=1S/C21H27N3O2/c1-14(2)18-11-20(24-16-8-5-9-17(10-16)26-3)22-13-19(18)21(25)23-12-15-6-4-7-15/h5,8-11,13-15H,4,6-7,12H2,1-3H3,(H,22,24)(H,23,25). The maximum absolute atomic E-state index is 12.6. The Kier molecular flexibility index (Phi) is 5.76. The molecule has 1 aliphatic carbocycles. The van der Waals surface area contributed by atoms with Crippen LogP contribution in [0.25, 0.3) is 0 Å². The predicted octanol–water partition coefficient (Wildman–Crippen LogP) is 4.49. The van der Waals surface area contributed by atoms with Crippen molar-refractivity contribution in [3.63, 3.8) is 0 Å². The van der Waals surface area contributed by atoms with Crippen molar-refractivity contribution in [1.82, 2.24) is 10.3 Å². The van der Waals surface area contributed by atoms with E-state index >= 15 is 0 Å². The lowest BCUT2D eigenvalue weighted by molar-refractivity contribution is 0.0937. The molecule has 0 bridgehead atoms. The first-order valence-corrected chi connectivity index (χ1v) is 9.26. The fourth-order valence-electron chi connectivity index (χ4n) is 3.08. The molecule has 0 spiro atoms. The number of hydrogen-bond acceptors (Lipinski definition) is 4. The van der Waals surface area contributed by atoms with Crippen LogP contribution in [0.15, 0.2) is 36.5 Å². The van der Waals surface area contributed by atoms with Gasteiger partial charge < -0.3 is 15.4 Å². The average Bonchev–Trinajstić information content (AvgIpc) is 2.60. The van der Waals surface area contributed by atoms with E-state index in [0.717, 1.165) is 29.4 Å². The van der Waals surface area contributed by atoms with Gasteiger partial charge in [-0.3, -0.25) is 4.79 Å². The number of rotatable bonds is 7. The molecule has 1 aromatic heterocycles. The first-order valence-electron chi connectivity index (χ1n) is 9.26. The maximum Gasteiger partial charge on any atom is 0.253 e. The van der Waals surface area contributed by atoms with Gasteiger partial charge in [-0.05, 0) is 48.4 Å². The minimum Gasteiger partial charge on any atom is -0.497 e. The zero-order valence-electron chi connectivity index (χ0n) is 15.7. The molecule has 5 nitrogen and oxygen atoms in total. The van der Waals surface area contributed by atoms with Crippen LogP contribution in [0.5, 0.6) is 5.75 Å². The SMILES string of the molecule is COc1cccc(Nc2cc(C(C)C)c(C(=O)NCC3CCC3)cn2)c1. The molecule has 0 saturated heterocycles. The van der Waals surface area contributed by atoms with Crippen LogP contribution in [0.2, 0.25) is 0 Å². The summed E-state index contributed by atoms with van der Waals surface area (Å²) in [7, 11) is 1.64. The Hall–Kier alpha value is -2.56. The first-order chi connectivity index (χ1) is 12.6. The Labute approximate surface area is 155 Å². The third-order valence-electron chi connectivity index (χ3n) is 4.92. The van der Waals surface area contributed by atoms with Gasteiger partial charge in [0.25, 0.3) is 5.91 Å². The summed E-state index contributed by atoms with van der Waals surface area (Å²) in [6.45, 7) is 4.95. The number of nitrogens with one attached hydrogen (secondary N) is 2. The number of carbonyl (C=O) groups is 1. The lowest BCUT2D eigenvalue weighted by Crippen LogP contribution is -2.32. The molecule has 3 rings (SSSR count). The zero-order chi connectivity index (χ0) is 18.5. The average molecular weight is 353 g/mol. The monoisotopic (exact) mass is 353 g/mol. The summed E-state index contributed by atoms with van der Waals surface area (Å²) in [6.07, 6.45) is 5.40. The van der Waals surface area contributed by atoms with Crippen molar-refractivity contribution in [2.45, 2.75) is 39.0 Å². The second-order valence-electron chi connectivity index (χ2n) is 7.18. The number of benzene rings is 1. The summed E-state index contributed by atoms with van der Waals surface area (Å²) in [4.78, 5) is 17.0. The van der Waals surface area contributed by atoms with Gasteiger partial charge in [-0.15, -0.1) is 0 Å². The Morgan fingerprint density at radius 1 is 1.31 bits per heavy atom. The topological polar surface area (TPSA) is 63.2 Å². The molecule has 1 aromatic carbocycles. The van der Waals surface area contributed by atoms with Crippen LogP contribution in [-0.2, 0) is 0 Å². The third-order valence-corrected chi connectivity index (χ3v) is 4.92. The zero-order valence-corrected chi connectivity index (χ0v) is 15.7. The lowest BCUT2D eigenvalue weighted by Gasteiger charge is -2.25. The number of amides is 1. The summed E-state index contributed by atoms with van der Waals surface area (Å²) in [5.41, 5.74) is 2.56. The molecular formula is C21H27N3O2. The molecule has 1 heterocycles. The Bertz CT molecular complexity index is 770. The second-order valence-corrected chi connectivity index (χ2v) is 7.18. The number of anilines is 2. The smallest absolute Gasteiger partial charge is 0.253 e. The number of ether oxygens (including phenoxy) is 1. The highest BCUT2D eigenvalue weighted by Gasteiger charge is 2.20. The first kappa shape index (κ1) is 18.2. The lowest BCUT2D eigenvalue weighted by atomic mass is 9.85. The van der Waals surface area contributed by atoms with Crippen molar-refractivity contribution in [3.8, 4) is 5.75 Å². The predicted molar refractivity (Wildman–Crippen MR) is 104 cm³/mol. The van der Waals surface area contributed by atoms with Crippen LogP contribution in [0.3, 0.4) is 0 Å². The number of carbonyl (C=O) groups excluding carboxylic acids is 1. The van der Waals surface area contributed by atoms with Gasteiger partial charge in [-0.1, -0.05) is 26.3 Å². The summed E-state index contributed by atoms with van der Waals surface area (Å²) in [5.74, 6) is 2.35. The van der Waals surface area contributed by atoms with Gasteiger partial charge in [-0.25, -0.2) is 4.98 Å². The van der Waals surface area contributed by atoms with Gasteiger partial charge >= 0.3 is 0 Å². The van der Waals surface area contributed by atoms with Crippen LogP contribution in [0, 0.1) is 5.92 Å². The molecule has 1 aliphatic rings. The highest BCUT2D eigenvalue weighted by atomic mass is 16.5. The molecule has 0 unspecified atom stereocenters. The van der Waals surface area contributed by atoms with Crippen LogP contribution in [-0.4, -0.2) is 24.5 Å². The summed E-state index contributed by atoms with van der Waals surface area (Å²) in [5, 5.41) is 6.35. The Balaban J connectivity index is 1.75. The highest BCUT2D eigenvalue weighted by Crippen LogP contribution is 2.27. The van der Waals surface area contributed by atoms with Crippen molar-refractivity contribution in [2.24, 2.45) is 5.92 Å². The third kappa shape index (κ3) is 4.34. The molecule has 2 N–H and O–H groups in total. The number of pyridine rings is 1. The number of aromatic nitrogens is 1. The Morgan fingerprint density at radius 2 is 2.12 bits per heavy atom. The van der Waals surface area contributed by atoms with Crippen LogP contribution in [0.4, 0.5) is 11.5 Å². The van der Waals surface area contributed by atoms with E-state index in [1.54, 1.807) is 13.3 Å². The summed E-state index contributed by atoms with van der Waals surface area (Å²) >= 11 is 0. The van der Waals surface area contributed by atoms with Crippen molar-refractivity contribution >= 4 is 17.4 Å². The minimum atomic E-state index is -0.0268.